The molecule has 0 saturated heterocycles. The first-order chi connectivity index (χ1) is 11.4. The first-order valence-electron chi connectivity index (χ1n) is 6.85. The SMILES string of the molecule is Nc1cc(Cl)ccc1NC(=O)c1ccc(-c2ccc(Br)cc2Br)o1. The zero-order valence-electron chi connectivity index (χ0n) is 12.1. The number of halogens is 3. The third kappa shape index (κ3) is 3.66. The van der Waals surface area contributed by atoms with Gasteiger partial charge in [0, 0.05) is 19.5 Å². The topological polar surface area (TPSA) is 68.3 Å². The number of hydrogen-bond acceptors (Lipinski definition) is 3. The number of nitrogens with two attached hydrogens (primary N) is 1. The van der Waals surface area contributed by atoms with Crippen molar-refractivity contribution in [2.24, 2.45) is 0 Å². The summed E-state index contributed by atoms with van der Waals surface area (Å²) in [6.45, 7) is 0. The van der Waals surface area contributed by atoms with Crippen molar-refractivity contribution in [3.8, 4) is 11.3 Å². The van der Waals surface area contributed by atoms with Crippen molar-refractivity contribution in [1.29, 1.82) is 0 Å². The predicted octanol–water partition coefficient (Wildman–Crippen LogP) is 5.96. The second kappa shape index (κ2) is 7.01. The van der Waals surface area contributed by atoms with E-state index in [-0.39, 0.29) is 11.7 Å². The standard InChI is InChI=1S/C17H11Br2ClN2O2/c18-9-1-3-11(12(19)7-9)15-5-6-16(24-15)17(23)22-14-4-2-10(20)8-13(14)21/h1-8H,21H2,(H,22,23). The third-order valence-electron chi connectivity index (χ3n) is 3.29. The lowest BCUT2D eigenvalue weighted by atomic mass is 10.2. The summed E-state index contributed by atoms with van der Waals surface area (Å²) in [4.78, 5) is 12.3. The molecule has 3 N–H and O–H groups in total. The third-order valence-corrected chi connectivity index (χ3v) is 4.67. The normalized spacial score (nSPS) is 10.6. The van der Waals surface area contributed by atoms with Crippen LogP contribution in [0.2, 0.25) is 5.02 Å². The van der Waals surface area contributed by atoms with Gasteiger partial charge in [-0.3, -0.25) is 4.79 Å². The van der Waals surface area contributed by atoms with E-state index in [1.165, 1.54) is 0 Å². The van der Waals surface area contributed by atoms with Crippen molar-refractivity contribution in [2.75, 3.05) is 11.1 Å². The average Bonchev–Trinajstić information content (AvgIpc) is 3.00. The molecule has 24 heavy (non-hydrogen) atoms. The Kier molecular flexibility index (Phi) is 4.99. The van der Waals surface area contributed by atoms with E-state index in [0.29, 0.717) is 22.2 Å². The number of anilines is 2. The lowest BCUT2D eigenvalue weighted by Crippen LogP contribution is -2.12. The van der Waals surface area contributed by atoms with E-state index in [9.17, 15) is 4.79 Å². The van der Waals surface area contributed by atoms with Gasteiger partial charge < -0.3 is 15.5 Å². The van der Waals surface area contributed by atoms with Crippen LogP contribution < -0.4 is 11.1 Å². The van der Waals surface area contributed by atoms with Crippen molar-refractivity contribution >= 4 is 60.7 Å². The molecule has 0 aliphatic carbocycles. The Morgan fingerprint density at radius 2 is 1.88 bits per heavy atom. The van der Waals surface area contributed by atoms with Crippen LogP contribution >= 0.6 is 43.5 Å². The van der Waals surface area contributed by atoms with Crippen LogP contribution in [0.25, 0.3) is 11.3 Å². The molecular weight excluding hydrogens is 459 g/mol. The fraction of sp³-hybridized carbons (Fsp3) is 0. The molecule has 0 aliphatic heterocycles. The zero-order valence-corrected chi connectivity index (χ0v) is 16.1. The van der Waals surface area contributed by atoms with Crippen LogP contribution in [-0.2, 0) is 0 Å². The Hall–Kier alpha value is -1.76. The Labute approximate surface area is 160 Å². The highest BCUT2D eigenvalue weighted by Gasteiger charge is 2.15. The predicted molar refractivity (Wildman–Crippen MR) is 103 cm³/mol. The maximum absolute atomic E-state index is 12.3. The summed E-state index contributed by atoms with van der Waals surface area (Å²) in [7, 11) is 0. The molecule has 7 heteroatoms. The van der Waals surface area contributed by atoms with Gasteiger partial charge in [0.1, 0.15) is 5.76 Å². The van der Waals surface area contributed by atoms with Gasteiger partial charge in [-0.15, -0.1) is 0 Å². The number of amides is 1. The van der Waals surface area contributed by atoms with Crippen molar-refractivity contribution in [2.45, 2.75) is 0 Å². The van der Waals surface area contributed by atoms with Gasteiger partial charge in [-0.25, -0.2) is 0 Å². The van der Waals surface area contributed by atoms with Crippen LogP contribution in [0.1, 0.15) is 10.6 Å². The smallest absolute Gasteiger partial charge is 0.291 e. The summed E-state index contributed by atoms with van der Waals surface area (Å²) in [5.41, 5.74) is 7.55. The summed E-state index contributed by atoms with van der Waals surface area (Å²) in [5, 5.41) is 3.21. The van der Waals surface area contributed by atoms with Crippen LogP contribution in [-0.4, -0.2) is 5.91 Å². The van der Waals surface area contributed by atoms with Gasteiger partial charge in [0.25, 0.3) is 5.91 Å². The number of nitrogens with one attached hydrogen (secondary N) is 1. The number of furan rings is 1. The van der Waals surface area contributed by atoms with Crippen molar-refractivity contribution in [1.82, 2.24) is 0 Å². The van der Waals surface area contributed by atoms with E-state index in [2.05, 4.69) is 37.2 Å². The Morgan fingerprint density at radius 3 is 2.58 bits per heavy atom. The lowest BCUT2D eigenvalue weighted by Gasteiger charge is -2.07. The highest BCUT2D eigenvalue weighted by molar-refractivity contribution is 9.11. The molecule has 1 heterocycles. The minimum atomic E-state index is -0.386. The van der Waals surface area contributed by atoms with Gasteiger partial charge in [0.2, 0.25) is 0 Å². The molecule has 3 rings (SSSR count). The van der Waals surface area contributed by atoms with E-state index in [1.54, 1.807) is 30.3 Å². The first kappa shape index (κ1) is 17.1. The van der Waals surface area contributed by atoms with Gasteiger partial charge in [-0.2, -0.15) is 0 Å². The van der Waals surface area contributed by atoms with Gasteiger partial charge in [0.05, 0.1) is 11.4 Å². The molecule has 0 spiro atoms. The molecule has 0 aliphatic rings. The van der Waals surface area contributed by atoms with Gasteiger partial charge in [-0.05, 0) is 64.5 Å². The monoisotopic (exact) mass is 468 g/mol. The fourth-order valence-corrected chi connectivity index (χ4v) is 3.55. The molecule has 2 aromatic carbocycles. The van der Waals surface area contributed by atoms with E-state index >= 15 is 0 Å². The number of rotatable bonds is 3. The minimum absolute atomic E-state index is 0.189. The molecular formula is C17H11Br2ClN2O2. The van der Waals surface area contributed by atoms with E-state index < -0.39 is 0 Å². The van der Waals surface area contributed by atoms with Gasteiger partial charge >= 0.3 is 0 Å². The van der Waals surface area contributed by atoms with Crippen molar-refractivity contribution in [3.05, 3.63) is 68.3 Å². The van der Waals surface area contributed by atoms with Crippen molar-refractivity contribution in [3.63, 3.8) is 0 Å². The van der Waals surface area contributed by atoms with Crippen LogP contribution in [0.3, 0.4) is 0 Å². The molecule has 0 fully saturated rings. The fourth-order valence-electron chi connectivity index (χ4n) is 2.13. The zero-order chi connectivity index (χ0) is 17.3. The second-order valence-electron chi connectivity index (χ2n) is 4.97. The lowest BCUT2D eigenvalue weighted by molar-refractivity contribution is 0.0997. The Morgan fingerprint density at radius 1 is 1.08 bits per heavy atom. The highest BCUT2D eigenvalue weighted by Crippen LogP contribution is 2.32. The quantitative estimate of drug-likeness (QED) is 0.464. The largest absolute Gasteiger partial charge is 0.451 e. The number of carbonyl (C=O) groups excluding carboxylic acids is 1. The molecule has 0 unspecified atom stereocenters. The van der Waals surface area contributed by atoms with E-state index in [1.807, 2.05) is 18.2 Å². The highest BCUT2D eigenvalue weighted by atomic mass is 79.9. The molecule has 0 bridgehead atoms. The minimum Gasteiger partial charge on any atom is -0.451 e. The summed E-state index contributed by atoms with van der Waals surface area (Å²) in [6.07, 6.45) is 0. The number of carbonyl (C=O) groups is 1. The number of benzene rings is 2. The molecule has 0 atom stereocenters. The molecule has 1 aromatic heterocycles. The molecule has 4 nitrogen and oxygen atoms in total. The molecule has 0 saturated carbocycles. The maximum atomic E-state index is 12.3. The Bertz CT molecular complexity index is 925. The summed E-state index contributed by atoms with van der Waals surface area (Å²) < 4.78 is 7.47. The Balaban J connectivity index is 1.83. The second-order valence-corrected chi connectivity index (χ2v) is 7.18. The number of hydrogen-bond donors (Lipinski definition) is 2. The van der Waals surface area contributed by atoms with E-state index in [0.717, 1.165) is 14.5 Å². The summed E-state index contributed by atoms with van der Waals surface area (Å²) >= 11 is 12.7. The van der Waals surface area contributed by atoms with E-state index in [4.69, 9.17) is 21.8 Å². The molecule has 122 valence electrons. The summed E-state index contributed by atoms with van der Waals surface area (Å²) in [6, 6.07) is 13.9. The van der Waals surface area contributed by atoms with Gasteiger partial charge in [0.15, 0.2) is 5.76 Å². The molecule has 3 aromatic rings. The van der Waals surface area contributed by atoms with Crippen LogP contribution in [0, 0.1) is 0 Å². The maximum Gasteiger partial charge on any atom is 0.291 e. The summed E-state index contributed by atoms with van der Waals surface area (Å²) in [5.74, 6) is 0.390. The first-order valence-corrected chi connectivity index (χ1v) is 8.82. The van der Waals surface area contributed by atoms with Crippen LogP contribution in [0.4, 0.5) is 11.4 Å². The molecule has 0 radical (unpaired) electrons. The van der Waals surface area contributed by atoms with Crippen LogP contribution in [0.15, 0.2) is 61.9 Å². The van der Waals surface area contributed by atoms with Crippen LogP contribution in [0.5, 0.6) is 0 Å². The van der Waals surface area contributed by atoms with Gasteiger partial charge in [-0.1, -0.05) is 27.5 Å². The van der Waals surface area contributed by atoms with Crippen molar-refractivity contribution < 1.29 is 9.21 Å². The number of nitrogen functional groups attached to an aromatic ring is 1. The average molecular weight is 471 g/mol. The molecule has 1 amide bonds.